The van der Waals surface area contributed by atoms with Crippen molar-refractivity contribution in [3.63, 3.8) is 0 Å². The van der Waals surface area contributed by atoms with E-state index in [0.29, 0.717) is 12.5 Å². The van der Waals surface area contributed by atoms with Gasteiger partial charge in [0.25, 0.3) is 0 Å². The van der Waals surface area contributed by atoms with Crippen LogP contribution in [0.25, 0.3) is 0 Å². The molecule has 0 spiro atoms. The normalized spacial score (nSPS) is 18.7. The van der Waals surface area contributed by atoms with Crippen molar-refractivity contribution in [3.8, 4) is 0 Å². The van der Waals surface area contributed by atoms with Crippen molar-refractivity contribution in [1.82, 2.24) is 15.5 Å². The Morgan fingerprint density at radius 2 is 2.04 bits per heavy atom. The first-order valence-electron chi connectivity index (χ1n) is 9.95. The number of carbonyl (C=O) groups is 1. The Labute approximate surface area is 163 Å². The number of nitrogens with one attached hydrogen (secondary N) is 2. The van der Waals surface area contributed by atoms with Gasteiger partial charge in [-0.25, -0.2) is 4.99 Å². The molecule has 0 aromatic heterocycles. The van der Waals surface area contributed by atoms with E-state index < -0.39 is 0 Å². The molecule has 27 heavy (non-hydrogen) atoms. The number of aliphatic imine (C=N–C) groups is 1. The summed E-state index contributed by atoms with van der Waals surface area (Å²) in [6.45, 7) is 5.90. The lowest BCUT2D eigenvalue weighted by molar-refractivity contribution is -0.127. The second-order valence-electron chi connectivity index (χ2n) is 7.28. The smallest absolute Gasteiger partial charge is 0.243 e. The summed E-state index contributed by atoms with van der Waals surface area (Å²) >= 11 is 0. The quantitative estimate of drug-likeness (QED) is 0.568. The molecule has 1 aliphatic heterocycles. The minimum absolute atomic E-state index is 0.0232. The van der Waals surface area contributed by atoms with Crippen molar-refractivity contribution in [3.05, 3.63) is 35.4 Å². The number of hydrogen-bond acceptors (Lipinski definition) is 3. The Bertz CT molecular complexity index is 607. The van der Waals surface area contributed by atoms with Crippen LogP contribution in [0.3, 0.4) is 0 Å². The highest BCUT2D eigenvalue weighted by Crippen LogP contribution is 2.14. The van der Waals surface area contributed by atoms with Crippen LogP contribution in [0.1, 0.15) is 50.3 Å². The Morgan fingerprint density at radius 3 is 2.63 bits per heavy atom. The molecule has 2 N–H and O–H groups in total. The molecule has 1 aromatic carbocycles. The van der Waals surface area contributed by atoms with Crippen LogP contribution in [0.4, 0.5) is 0 Å². The molecular weight excluding hydrogens is 340 g/mol. The lowest BCUT2D eigenvalue weighted by atomic mass is 10.1. The third kappa shape index (κ3) is 7.21. The van der Waals surface area contributed by atoms with E-state index in [2.05, 4.69) is 53.7 Å². The number of ether oxygens (including phenoxy) is 1. The van der Waals surface area contributed by atoms with E-state index in [4.69, 9.17) is 4.74 Å². The topological polar surface area (TPSA) is 66.0 Å². The first-order valence-corrected chi connectivity index (χ1v) is 9.95. The van der Waals surface area contributed by atoms with Crippen molar-refractivity contribution in [2.24, 2.45) is 4.99 Å². The fourth-order valence-electron chi connectivity index (χ4n) is 2.95. The molecule has 1 aliphatic rings. The van der Waals surface area contributed by atoms with E-state index in [1.807, 2.05) is 0 Å². The molecule has 1 saturated heterocycles. The summed E-state index contributed by atoms with van der Waals surface area (Å²) < 4.78 is 5.79. The molecule has 2 atom stereocenters. The van der Waals surface area contributed by atoms with Crippen molar-refractivity contribution < 1.29 is 9.53 Å². The lowest BCUT2D eigenvalue weighted by Crippen LogP contribution is -2.44. The maximum Gasteiger partial charge on any atom is 0.243 e. The molecule has 6 nitrogen and oxygen atoms in total. The summed E-state index contributed by atoms with van der Waals surface area (Å²) in [6, 6.07) is 8.68. The maximum absolute atomic E-state index is 11.9. The Kier molecular flexibility index (Phi) is 8.58. The van der Waals surface area contributed by atoms with Crippen LogP contribution in [-0.4, -0.2) is 56.7 Å². The van der Waals surface area contributed by atoms with E-state index in [1.54, 1.807) is 19.0 Å². The highest BCUT2D eigenvalue weighted by atomic mass is 16.5. The zero-order chi connectivity index (χ0) is 19.6. The van der Waals surface area contributed by atoms with Gasteiger partial charge in [0, 0.05) is 27.2 Å². The highest BCUT2D eigenvalue weighted by molar-refractivity contribution is 5.85. The summed E-state index contributed by atoms with van der Waals surface area (Å²) in [6.07, 6.45) is 4.63. The summed E-state index contributed by atoms with van der Waals surface area (Å²) in [5.74, 6) is 0.622. The van der Waals surface area contributed by atoms with Gasteiger partial charge < -0.3 is 20.3 Å². The van der Waals surface area contributed by atoms with Gasteiger partial charge in [-0.1, -0.05) is 31.2 Å². The van der Waals surface area contributed by atoms with Crippen LogP contribution in [-0.2, 0) is 16.0 Å². The molecule has 0 radical (unpaired) electrons. The summed E-state index contributed by atoms with van der Waals surface area (Å²) in [5, 5.41) is 6.77. The second kappa shape index (κ2) is 10.9. The molecule has 1 heterocycles. The molecule has 1 amide bonds. The van der Waals surface area contributed by atoms with Gasteiger partial charge in [-0.15, -0.1) is 0 Å². The number of nitrogens with zero attached hydrogens (tertiary/aromatic N) is 2. The van der Waals surface area contributed by atoms with Gasteiger partial charge in [-0.2, -0.15) is 0 Å². The minimum atomic E-state index is -0.0232. The second-order valence-corrected chi connectivity index (χ2v) is 7.28. The van der Waals surface area contributed by atoms with Crippen molar-refractivity contribution in [2.45, 2.75) is 51.7 Å². The van der Waals surface area contributed by atoms with Gasteiger partial charge >= 0.3 is 0 Å². The van der Waals surface area contributed by atoms with E-state index in [9.17, 15) is 4.79 Å². The molecule has 150 valence electrons. The van der Waals surface area contributed by atoms with Crippen molar-refractivity contribution in [2.75, 3.05) is 33.8 Å². The molecule has 2 unspecified atom stereocenters. The lowest BCUT2D eigenvalue weighted by Gasteiger charge is -2.25. The van der Waals surface area contributed by atoms with Crippen molar-refractivity contribution >= 4 is 11.9 Å². The summed E-state index contributed by atoms with van der Waals surface area (Å²) in [4.78, 5) is 17.9. The van der Waals surface area contributed by atoms with E-state index in [0.717, 1.165) is 25.9 Å². The molecule has 0 aliphatic carbocycles. The van der Waals surface area contributed by atoms with Gasteiger partial charge in [-0.3, -0.25) is 4.79 Å². The molecule has 6 heteroatoms. The fourth-order valence-corrected chi connectivity index (χ4v) is 2.95. The third-order valence-corrected chi connectivity index (χ3v) is 4.88. The number of carbonyl (C=O) groups excluding carboxylic acids is 1. The Balaban J connectivity index is 2.00. The van der Waals surface area contributed by atoms with Crippen LogP contribution in [0.15, 0.2) is 29.3 Å². The maximum atomic E-state index is 11.9. The number of guanidine groups is 1. The number of amides is 1. The number of rotatable bonds is 7. The van der Waals surface area contributed by atoms with E-state index >= 15 is 0 Å². The van der Waals surface area contributed by atoms with Gasteiger partial charge in [0.05, 0.1) is 12.1 Å². The number of aryl methyl sites for hydroxylation is 1. The predicted molar refractivity (Wildman–Crippen MR) is 110 cm³/mol. The molecule has 0 bridgehead atoms. The van der Waals surface area contributed by atoms with E-state index in [-0.39, 0.29) is 24.6 Å². The predicted octanol–water partition coefficient (Wildman–Crippen LogP) is 2.50. The van der Waals surface area contributed by atoms with Crippen LogP contribution in [0.5, 0.6) is 0 Å². The standard InChI is InChI=1S/C21H34N4O2/c1-5-17-9-11-18(12-10-17)16(2)24-21(23-15-20(26)25(3)4)22-14-19-8-6-7-13-27-19/h9-12,16,19H,5-8,13-15H2,1-4H3,(H2,22,23,24). The summed E-state index contributed by atoms with van der Waals surface area (Å²) in [7, 11) is 3.48. The van der Waals surface area contributed by atoms with E-state index in [1.165, 1.54) is 17.5 Å². The average Bonchev–Trinajstić information content (AvgIpc) is 2.70. The van der Waals surface area contributed by atoms with Gasteiger partial charge in [0.15, 0.2) is 5.96 Å². The average molecular weight is 375 g/mol. The molecule has 1 fully saturated rings. The first-order chi connectivity index (χ1) is 13.0. The van der Waals surface area contributed by atoms with Gasteiger partial charge in [0.1, 0.15) is 6.54 Å². The third-order valence-electron chi connectivity index (χ3n) is 4.88. The molecule has 1 aromatic rings. The Hall–Kier alpha value is -2.08. The number of benzene rings is 1. The summed E-state index contributed by atoms with van der Waals surface area (Å²) in [5.41, 5.74) is 2.51. The SMILES string of the molecule is CCc1ccc(C(C)NC(=NCC(=O)N(C)C)NCC2CCCCO2)cc1. The van der Waals surface area contributed by atoms with Crippen LogP contribution in [0, 0.1) is 0 Å². The van der Waals surface area contributed by atoms with Gasteiger partial charge in [-0.05, 0) is 43.7 Å². The monoisotopic (exact) mass is 374 g/mol. The van der Waals surface area contributed by atoms with Gasteiger partial charge in [0.2, 0.25) is 5.91 Å². The van der Waals surface area contributed by atoms with Crippen LogP contribution in [0.2, 0.25) is 0 Å². The largest absolute Gasteiger partial charge is 0.376 e. The van der Waals surface area contributed by atoms with Crippen LogP contribution < -0.4 is 10.6 Å². The van der Waals surface area contributed by atoms with Crippen molar-refractivity contribution in [1.29, 1.82) is 0 Å². The molecular formula is C21H34N4O2. The fraction of sp³-hybridized carbons (Fsp3) is 0.619. The minimum Gasteiger partial charge on any atom is -0.376 e. The Morgan fingerprint density at radius 1 is 1.30 bits per heavy atom. The first kappa shape index (κ1) is 21.2. The molecule has 2 rings (SSSR count). The highest BCUT2D eigenvalue weighted by Gasteiger charge is 2.15. The number of likely N-dealkylation sites (N-methyl/N-ethyl adjacent to an activating group) is 1. The molecule has 0 saturated carbocycles. The van der Waals surface area contributed by atoms with Crippen LogP contribution >= 0.6 is 0 Å². The zero-order valence-electron chi connectivity index (χ0n) is 17.1. The number of hydrogen-bond donors (Lipinski definition) is 2. The zero-order valence-corrected chi connectivity index (χ0v) is 17.1.